The first-order valence-electron chi connectivity index (χ1n) is 8.69. The highest BCUT2D eigenvalue weighted by molar-refractivity contribution is 7.15. The van der Waals surface area contributed by atoms with Crippen LogP contribution in [-0.2, 0) is 12.8 Å². The van der Waals surface area contributed by atoms with Crippen LogP contribution in [0.2, 0.25) is 0 Å². The Morgan fingerprint density at radius 2 is 2.25 bits per heavy atom. The summed E-state index contributed by atoms with van der Waals surface area (Å²) >= 11 is 1.61. The molecule has 0 aliphatic heterocycles. The molecule has 0 bridgehead atoms. The van der Waals surface area contributed by atoms with Gasteiger partial charge in [0.15, 0.2) is 5.13 Å². The van der Waals surface area contributed by atoms with E-state index in [0.717, 1.165) is 31.4 Å². The van der Waals surface area contributed by atoms with Crippen LogP contribution in [-0.4, -0.2) is 17.5 Å². The van der Waals surface area contributed by atoms with Gasteiger partial charge in [-0.3, -0.25) is 10.1 Å². The molecule has 24 heavy (non-hydrogen) atoms. The Balaban J connectivity index is 1.71. The number of benzene rings is 1. The van der Waals surface area contributed by atoms with Gasteiger partial charge in [-0.15, -0.1) is 11.3 Å². The maximum absolute atomic E-state index is 12.6. The molecular formula is C19H24N2O2S. The van der Waals surface area contributed by atoms with E-state index < -0.39 is 0 Å². The van der Waals surface area contributed by atoms with Crippen LogP contribution >= 0.6 is 11.3 Å². The Morgan fingerprint density at radius 1 is 1.42 bits per heavy atom. The average molecular weight is 344 g/mol. The van der Waals surface area contributed by atoms with Crippen LogP contribution in [0.4, 0.5) is 5.13 Å². The molecule has 0 unspecified atom stereocenters. The number of nitrogens with one attached hydrogen (secondary N) is 1. The molecule has 1 aliphatic carbocycles. The number of carbonyl (C=O) groups excluding carboxylic acids is 1. The molecule has 0 saturated heterocycles. The minimum Gasteiger partial charge on any atom is -0.493 e. The van der Waals surface area contributed by atoms with Gasteiger partial charge in [0.25, 0.3) is 5.91 Å². The predicted molar refractivity (Wildman–Crippen MR) is 98.1 cm³/mol. The lowest BCUT2D eigenvalue weighted by atomic mass is 9.93. The summed E-state index contributed by atoms with van der Waals surface area (Å²) in [5, 5.41) is 3.65. The zero-order chi connectivity index (χ0) is 16.9. The Bertz CT molecular complexity index is 711. The van der Waals surface area contributed by atoms with Crippen molar-refractivity contribution in [3.05, 3.63) is 40.4 Å². The normalized spacial score (nSPS) is 16.5. The fourth-order valence-electron chi connectivity index (χ4n) is 2.86. The van der Waals surface area contributed by atoms with Crippen molar-refractivity contribution in [1.29, 1.82) is 0 Å². The number of rotatable bonds is 6. The number of ether oxygens (including phenoxy) is 1. The van der Waals surface area contributed by atoms with E-state index in [2.05, 4.69) is 24.1 Å². The lowest BCUT2D eigenvalue weighted by molar-refractivity contribution is 0.102. The van der Waals surface area contributed by atoms with Crippen molar-refractivity contribution >= 4 is 22.4 Å². The number of unbranched alkanes of at least 4 members (excludes halogenated alkanes) is 1. The molecule has 1 N–H and O–H groups in total. The summed E-state index contributed by atoms with van der Waals surface area (Å²) in [6.45, 7) is 5.02. The van der Waals surface area contributed by atoms with Crippen LogP contribution in [0.5, 0.6) is 5.75 Å². The quantitative estimate of drug-likeness (QED) is 0.773. The largest absolute Gasteiger partial charge is 0.493 e. The Labute approximate surface area is 147 Å². The summed E-state index contributed by atoms with van der Waals surface area (Å²) in [5.41, 5.74) is 1.72. The van der Waals surface area contributed by atoms with E-state index >= 15 is 0 Å². The van der Waals surface area contributed by atoms with Crippen LogP contribution in [0.1, 0.15) is 54.0 Å². The second-order valence-corrected chi connectivity index (χ2v) is 7.47. The van der Waals surface area contributed by atoms with Gasteiger partial charge in [-0.05, 0) is 43.7 Å². The molecule has 1 aromatic carbocycles. The molecule has 0 saturated carbocycles. The van der Waals surface area contributed by atoms with Crippen LogP contribution in [0.25, 0.3) is 0 Å². The number of anilines is 1. The SMILES string of the molecule is CCCCOc1ccccc1C(=O)Nc1nc2c(s1)C[C@@H](C)CC2. The van der Waals surface area contributed by atoms with Crippen molar-refractivity contribution in [2.45, 2.75) is 46.0 Å². The van der Waals surface area contributed by atoms with E-state index in [9.17, 15) is 4.79 Å². The molecule has 5 heteroatoms. The molecule has 1 aliphatic rings. The fraction of sp³-hybridized carbons (Fsp3) is 0.474. The number of aryl methyl sites for hydroxylation is 1. The van der Waals surface area contributed by atoms with E-state index in [1.54, 1.807) is 17.4 Å². The third kappa shape index (κ3) is 3.96. The number of fused-ring (bicyclic) bond motifs is 1. The van der Waals surface area contributed by atoms with Gasteiger partial charge in [-0.1, -0.05) is 32.4 Å². The van der Waals surface area contributed by atoms with Crippen molar-refractivity contribution in [1.82, 2.24) is 4.98 Å². The number of amides is 1. The van der Waals surface area contributed by atoms with E-state index in [1.807, 2.05) is 18.2 Å². The zero-order valence-electron chi connectivity index (χ0n) is 14.3. The first kappa shape index (κ1) is 17.0. The van der Waals surface area contributed by atoms with Gasteiger partial charge >= 0.3 is 0 Å². The molecule has 128 valence electrons. The maximum Gasteiger partial charge on any atom is 0.261 e. The second-order valence-electron chi connectivity index (χ2n) is 6.39. The van der Waals surface area contributed by atoms with Gasteiger partial charge in [-0.2, -0.15) is 0 Å². The Hall–Kier alpha value is -1.88. The second kappa shape index (κ2) is 7.79. The third-order valence-corrected chi connectivity index (χ3v) is 5.33. The predicted octanol–water partition coefficient (Wildman–Crippen LogP) is 4.70. The van der Waals surface area contributed by atoms with E-state index in [-0.39, 0.29) is 5.91 Å². The van der Waals surface area contributed by atoms with E-state index in [4.69, 9.17) is 4.74 Å². The molecule has 3 rings (SSSR count). The molecule has 4 nitrogen and oxygen atoms in total. The van der Waals surface area contributed by atoms with Gasteiger partial charge in [0.1, 0.15) is 5.75 Å². The molecule has 1 aromatic heterocycles. The van der Waals surface area contributed by atoms with E-state index in [1.165, 1.54) is 11.3 Å². The number of hydrogen-bond donors (Lipinski definition) is 1. The number of aromatic nitrogens is 1. The van der Waals surface area contributed by atoms with E-state index in [0.29, 0.717) is 29.0 Å². The number of carbonyl (C=O) groups is 1. The highest BCUT2D eigenvalue weighted by Crippen LogP contribution is 2.32. The minimum absolute atomic E-state index is 0.152. The molecule has 1 atom stereocenters. The first-order chi connectivity index (χ1) is 11.7. The maximum atomic E-state index is 12.6. The highest BCUT2D eigenvalue weighted by atomic mass is 32.1. The molecule has 0 spiro atoms. The van der Waals surface area contributed by atoms with Crippen molar-refractivity contribution in [2.24, 2.45) is 5.92 Å². The number of thiazole rings is 1. The molecule has 1 heterocycles. The van der Waals surface area contributed by atoms with Gasteiger partial charge < -0.3 is 4.74 Å². The van der Waals surface area contributed by atoms with Crippen molar-refractivity contribution < 1.29 is 9.53 Å². The smallest absolute Gasteiger partial charge is 0.261 e. The van der Waals surface area contributed by atoms with Gasteiger partial charge in [0.05, 0.1) is 17.9 Å². The number of para-hydroxylation sites is 1. The summed E-state index contributed by atoms with van der Waals surface area (Å²) in [5.74, 6) is 1.19. The number of nitrogens with zero attached hydrogens (tertiary/aromatic N) is 1. The molecular weight excluding hydrogens is 320 g/mol. The molecule has 0 fully saturated rings. The summed E-state index contributed by atoms with van der Waals surface area (Å²) in [6.07, 6.45) is 5.31. The van der Waals surface area contributed by atoms with Crippen LogP contribution in [0, 0.1) is 5.92 Å². The topological polar surface area (TPSA) is 51.2 Å². The molecule has 0 radical (unpaired) electrons. The van der Waals surface area contributed by atoms with Crippen LogP contribution < -0.4 is 10.1 Å². The summed E-state index contributed by atoms with van der Waals surface area (Å²) in [6, 6.07) is 7.39. The third-order valence-electron chi connectivity index (χ3n) is 4.29. The van der Waals surface area contributed by atoms with Crippen molar-refractivity contribution in [2.75, 3.05) is 11.9 Å². The Kier molecular flexibility index (Phi) is 5.51. The fourth-order valence-corrected chi connectivity index (χ4v) is 4.03. The monoisotopic (exact) mass is 344 g/mol. The zero-order valence-corrected chi connectivity index (χ0v) is 15.1. The van der Waals surface area contributed by atoms with Crippen molar-refractivity contribution in [3.63, 3.8) is 0 Å². The highest BCUT2D eigenvalue weighted by Gasteiger charge is 2.21. The minimum atomic E-state index is -0.152. The molecule has 2 aromatic rings. The summed E-state index contributed by atoms with van der Waals surface area (Å²) in [4.78, 5) is 18.5. The lowest BCUT2D eigenvalue weighted by Crippen LogP contribution is -2.14. The number of hydrogen-bond acceptors (Lipinski definition) is 4. The standard InChI is InChI=1S/C19H24N2O2S/c1-3-4-11-23-16-8-6-5-7-14(16)18(22)21-19-20-15-10-9-13(2)12-17(15)24-19/h5-8,13H,3-4,9-12H2,1-2H3,(H,20,21,22)/t13-/m0/s1. The van der Waals surface area contributed by atoms with Crippen LogP contribution in [0.3, 0.4) is 0 Å². The van der Waals surface area contributed by atoms with Crippen molar-refractivity contribution in [3.8, 4) is 5.75 Å². The van der Waals surface area contributed by atoms with Gasteiger partial charge in [0, 0.05) is 4.88 Å². The van der Waals surface area contributed by atoms with Gasteiger partial charge in [0.2, 0.25) is 0 Å². The van der Waals surface area contributed by atoms with Gasteiger partial charge in [-0.25, -0.2) is 4.98 Å². The first-order valence-corrected chi connectivity index (χ1v) is 9.50. The van der Waals surface area contributed by atoms with Crippen LogP contribution in [0.15, 0.2) is 24.3 Å². The lowest BCUT2D eigenvalue weighted by Gasteiger charge is -2.15. The average Bonchev–Trinajstić information content (AvgIpc) is 2.96. The summed E-state index contributed by atoms with van der Waals surface area (Å²) < 4.78 is 5.75. The summed E-state index contributed by atoms with van der Waals surface area (Å²) in [7, 11) is 0. The Morgan fingerprint density at radius 3 is 3.08 bits per heavy atom. The molecule has 1 amide bonds.